The average molecular weight is 322 g/mol. The van der Waals surface area contributed by atoms with E-state index in [9.17, 15) is 0 Å². The number of allylic oxidation sites excluding steroid dienone is 1. The van der Waals surface area contributed by atoms with Crippen molar-refractivity contribution in [2.75, 3.05) is 5.33 Å². The molecule has 1 aromatic heterocycles. The molecule has 1 aliphatic rings. The van der Waals surface area contributed by atoms with Gasteiger partial charge in [-0.3, -0.25) is 0 Å². The summed E-state index contributed by atoms with van der Waals surface area (Å²) in [5, 5.41) is 6.95. The van der Waals surface area contributed by atoms with Gasteiger partial charge in [-0.05, 0) is 34.0 Å². The Morgan fingerprint density at radius 1 is 1.22 bits per heavy atom. The first-order valence-corrected chi connectivity index (χ1v) is 7.75. The van der Waals surface area contributed by atoms with Gasteiger partial charge in [-0.15, -0.1) is 0 Å². The predicted molar refractivity (Wildman–Crippen MR) is 78.7 cm³/mol. The summed E-state index contributed by atoms with van der Waals surface area (Å²) >= 11 is 5.25. The maximum atomic E-state index is 5.88. The first-order chi connectivity index (χ1) is 8.86. The van der Waals surface area contributed by atoms with Crippen LogP contribution in [0.4, 0.5) is 0 Å². The van der Waals surface area contributed by atoms with E-state index >= 15 is 0 Å². The van der Waals surface area contributed by atoms with Crippen molar-refractivity contribution in [3.8, 4) is 5.75 Å². The molecule has 0 N–H and O–H groups in total. The van der Waals surface area contributed by atoms with Crippen LogP contribution in [0.2, 0.25) is 0 Å². The Labute approximate surface area is 119 Å². The standard InChI is InChI=1S/C14H12BrNOS/c15-7-12-9-16(8-11-5-6-18-10-11)17-14-4-2-1-3-13(12)14/h1-6,9-10H,7-8H2. The van der Waals surface area contributed by atoms with E-state index in [1.54, 1.807) is 11.3 Å². The highest BCUT2D eigenvalue weighted by Crippen LogP contribution is 2.32. The third-order valence-corrected chi connectivity index (χ3v) is 4.15. The van der Waals surface area contributed by atoms with Crippen molar-refractivity contribution in [1.29, 1.82) is 0 Å². The van der Waals surface area contributed by atoms with E-state index in [1.807, 2.05) is 23.3 Å². The molecule has 0 fully saturated rings. The number of benzene rings is 1. The van der Waals surface area contributed by atoms with Crippen molar-refractivity contribution < 1.29 is 4.84 Å². The van der Waals surface area contributed by atoms with Gasteiger partial charge in [0.1, 0.15) is 0 Å². The molecule has 0 radical (unpaired) electrons. The van der Waals surface area contributed by atoms with Gasteiger partial charge in [-0.2, -0.15) is 11.3 Å². The number of hydrogen-bond acceptors (Lipinski definition) is 3. The fourth-order valence-electron chi connectivity index (χ4n) is 1.95. The second-order valence-electron chi connectivity index (χ2n) is 4.08. The summed E-state index contributed by atoms with van der Waals surface area (Å²) < 4.78 is 0. The van der Waals surface area contributed by atoms with E-state index in [0.29, 0.717) is 0 Å². The van der Waals surface area contributed by atoms with Gasteiger partial charge in [0.15, 0.2) is 5.75 Å². The van der Waals surface area contributed by atoms with Gasteiger partial charge in [0.2, 0.25) is 0 Å². The summed E-state index contributed by atoms with van der Waals surface area (Å²) in [6.07, 6.45) is 2.06. The van der Waals surface area contributed by atoms with Crippen LogP contribution in [-0.2, 0) is 6.54 Å². The third-order valence-electron chi connectivity index (χ3n) is 2.81. The second kappa shape index (κ2) is 5.16. The molecule has 0 atom stereocenters. The van der Waals surface area contributed by atoms with Gasteiger partial charge in [0, 0.05) is 17.1 Å². The Morgan fingerprint density at radius 3 is 2.89 bits per heavy atom. The second-order valence-corrected chi connectivity index (χ2v) is 5.42. The van der Waals surface area contributed by atoms with Crippen LogP contribution in [0.5, 0.6) is 5.75 Å². The van der Waals surface area contributed by atoms with E-state index in [-0.39, 0.29) is 0 Å². The number of halogens is 1. The van der Waals surface area contributed by atoms with Crippen LogP contribution in [0.25, 0.3) is 5.57 Å². The Balaban J connectivity index is 1.88. The molecule has 18 heavy (non-hydrogen) atoms. The lowest BCUT2D eigenvalue weighted by molar-refractivity contribution is -0.0187. The quantitative estimate of drug-likeness (QED) is 0.782. The maximum absolute atomic E-state index is 5.88. The molecule has 0 bridgehead atoms. The number of fused-ring (bicyclic) bond motifs is 1. The van der Waals surface area contributed by atoms with E-state index in [2.05, 4.69) is 45.0 Å². The SMILES string of the molecule is BrCC1=CN(Cc2ccsc2)Oc2ccccc21. The fourth-order valence-corrected chi connectivity index (χ4v) is 3.06. The van der Waals surface area contributed by atoms with Crippen molar-refractivity contribution in [1.82, 2.24) is 5.06 Å². The highest BCUT2D eigenvalue weighted by Gasteiger charge is 2.17. The number of nitrogens with zero attached hydrogens (tertiary/aromatic N) is 1. The van der Waals surface area contributed by atoms with Gasteiger partial charge in [0.25, 0.3) is 0 Å². The number of thiophene rings is 1. The van der Waals surface area contributed by atoms with E-state index < -0.39 is 0 Å². The average Bonchev–Trinajstić information content (AvgIpc) is 2.90. The Hall–Kier alpha value is -1.26. The Kier molecular flexibility index (Phi) is 3.39. The topological polar surface area (TPSA) is 12.5 Å². The molecular formula is C14H12BrNOS. The molecule has 92 valence electrons. The summed E-state index contributed by atoms with van der Waals surface area (Å²) in [6, 6.07) is 10.2. The van der Waals surface area contributed by atoms with Gasteiger partial charge in [0.05, 0.1) is 6.54 Å². The van der Waals surface area contributed by atoms with Crippen molar-refractivity contribution in [3.05, 3.63) is 58.4 Å². The molecule has 1 aromatic carbocycles. The molecular weight excluding hydrogens is 310 g/mol. The zero-order chi connectivity index (χ0) is 12.4. The molecule has 0 saturated carbocycles. The fraction of sp³-hybridized carbons (Fsp3) is 0.143. The molecule has 0 unspecified atom stereocenters. The molecule has 2 heterocycles. The Bertz CT molecular complexity index is 565. The van der Waals surface area contributed by atoms with Crippen molar-refractivity contribution in [3.63, 3.8) is 0 Å². The molecule has 4 heteroatoms. The lowest BCUT2D eigenvalue weighted by Gasteiger charge is -2.27. The predicted octanol–water partition coefficient (Wildman–Crippen LogP) is 4.29. The van der Waals surface area contributed by atoms with Gasteiger partial charge in [-0.25, -0.2) is 5.06 Å². The molecule has 0 amide bonds. The van der Waals surface area contributed by atoms with Crippen LogP contribution < -0.4 is 4.84 Å². The summed E-state index contributed by atoms with van der Waals surface area (Å²) in [5.74, 6) is 0.921. The number of hydrogen-bond donors (Lipinski definition) is 0. The monoisotopic (exact) mass is 321 g/mol. The van der Waals surface area contributed by atoms with Crippen LogP contribution in [0.1, 0.15) is 11.1 Å². The zero-order valence-corrected chi connectivity index (χ0v) is 12.1. The third kappa shape index (κ3) is 2.31. The van der Waals surface area contributed by atoms with Crippen LogP contribution in [0.3, 0.4) is 0 Å². The summed E-state index contributed by atoms with van der Waals surface area (Å²) in [7, 11) is 0. The lowest BCUT2D eigenvalue weighted by Crippen LogP contribution is -2.25. The zero-order valence-electron chi connectivity index (χ0n) is 9.67. The minimum atomic E-state index is 0.772. The van der Waals surface area contributed by atoms with E-state index in [1.165, 1.54) is 11.1 Å². The summed E-state index contributed by atoms with van der Waals surface area (Å²) in [6.45, 7) is 0.772. The minimum absolute atomic E-state index is 0.772. The van der Waals surface area contributed by atoms with Gasteiger partial charge in [-0.1, -0.05) is 34.1 Å². The van der Waals surface area contributed by atoms with Crippen LogP contribution in [0, 0.1) is 0 Å². The van der Waals surface area contributed by atoms with Crippen LogP contribution in [-0.4, -0.2) is 10.4 Å². The van der Waals surface area contributed by atoms with Gasteiger partial charge >= 0.3 is 0 Å². The Morgan fingerprint density at radius 2 is 2.11 bits per heavy atom. The molecule has 3 rings (SSSR count). The molecule has 0 saturated heterocycles. The van der Waals surface area contributed by atoms with Crippen molar-refractivity contribution >= 4 is 32.8 Å². The van der Waals surface area contributed by atoms with Crippen LogP contribution >= 0.6 is 27.3 Å². The summed E-state index contributed by atoms with van der Waals surface area (Å²) in [5.41, 5.74) is 3.67. The van der Waals surface area contributed by atoms with Gasteiger partial charge < -0.3 is 4.84 Å². The largest absolute Gasteiger partial charge is 0.379 e. The van der Waals surface area contributed by atoms with Crippen molar-refractivity contribution in [2.45, 2.75) is 6.54 Å². The van der Waals surface area contributed by atoms with E-state index in [0.717, 1.165) is 23.2 Å². The lowest BCUT2D eigenvalue weighted by atomic mass is 10.1. The number of alkyl halides is 1. The molecule has 2 nitrogen and oxygen atoms in total. The first kappa shape index (κ1) is 11.8. The number of rotatable bonds is 3. The number of hydroxylamine groups is 2. The molecule has 1 aliphatic heterocycles. The molecule has 0 spiro atoms. The number of para-hydroxylation sites is 1. The highest BCUT2D eigenvalue weighted by molar-refractivity contribution is 9.09. The normalized spacial score (nSPS) is 13.8. The highest BCUT2D eigenvalue weighted by atomic mass is 79.9. The smallest absolute Gasteiger partial charge is 0.162 e. The van der Waals surface area contributed by atoms with E-state index in [4.69, 9.17) is 4.84 Å². The molecule has 0 aliphatic carbocycles. The minimum Gasteiger partial charge on any atom is -0.379 e. The molecule has 2 aromatic rings. The summed E-state index contributed by atoms with van der Waals surface area (Å²) in [4.78, 5) is 5.88. The first-order valence-electron chi connectivity index (χ1n) is 5.68. The van der Waals surface area contributed by atoms with Crippen LogP contribution in [0.15, 0.2) is 47.3 Å². The van der Waals surface area contributed by atoms with Crippen molar-refractivity contribution in [2.24, 2.45) is 0 Å². The maximum Gasteiger partial charge on any atom is 0.162 e.